The highest BCUT2D eigenvalue weighted by molar-refractivity contribution is 5.71. The summed E-state index contributed by atoms with van der Waals surface area (Å²) in [6.45, 7) is 6.68. The number of unbranched alkanes of at least 4 members (excludes halogenated alkanes) is 42. The molecule has 0 aliphatic rings. The number of hydrogen-bond donors (Lipinski definition) is 0. The van der Waals surface area contributed by atoms with Crippen molar-refractivity contribution in [2.24, 2.45) is 0 Å². The molecule has 0 rings (SSSR count). The van der Waals surface area contributed by atoms with Gasteiger partial charge in [0, 0.05) is 19.3 Å². The Hall–Kier alpha value is -2.11. The van der Waals surface area contributed by atoms with Crippen LogP contribution in [0.2, 0.25) is 0 Å². The zero-order valence-electron chi connectivity index (χ0n) is 46.6. The normalized spacial score (nSPS) is 12.1. The van der Waals surface area contributed by atoms with Crippen molar-refractivity contribution in [2.75, 3.05) is 13.2 Å². The van der Waals surface area contributed by atoms with Gasteiger partial charge in [0.1, 0.15) is 13.2 Å². The van der Waals surface area contributed by atoms with Gasteiger partial charge in [-0.1, -0.05) is 276 Å². The van der Waals surface area contributed by atoms with E-state index in [-0.39, 0.29) is 31.1 Å². The van der Waals surface area contributed by atoms with Crippen LogP contribution in [0.5, 0.6) is 0 Å². The van der Waals surface area contributed by atoms with E-state index in [1.807, 2.05) is 0 Å². The Labute approximate surface area is 430 Å². The van der Waals surface area contributed by atoms with Crippen LogP contribution >= 0.6 is 0 Å². The molecule has 6 nitrogen and oxygen atoms in total. The van der Waals surface area contributed by atoms with Gasteiger partial charge in [-0.25, -0.2) is 0 Å². The lowest BCUT2D eigenvalue weighted by molar-refractivity contribution is -0.167. The number of ether oxygens (including phenoxy) is 3. The largest absolute Gasteiger partial charge is 0.462 e. The minimum atomic E-state index is -0.772. The SMILES string of the molecule is CCCCCCCC/C=C\CCCCCCCCCC(=O)OCC(COC(=O)CCCCCCCCCCCCCCCCCCC)OC(=O)CCCCCCCCC/C=C\CCCCCCCC. The summed E-state index contributed by atoms with van der Waals surface area (Å²) in [6.07, 6.45) is 68.8. The van der Waals surface area contributed by atoms with Crippen molar-refractivity contribution in [3.63, 3.8) is 0 Å². The van der Waals surface area contributed by atoms with Crippen LogP contribution in [0.4, 0.5) is 0 Å². The van der Waals surface area contributed by atoms with Gasteiger partial charge in [0.2, 0.25) is 0 Å². The van der Waals surface area contributed by atoms with E-state index in [9.17, 15) is 14.4 Å². The first-order valence-electron chi connectivity index (χ1n) is 30.8. The van der Waals surface area contributed by atoms with Gasteiger partial charge in [0.05, 0.1) is 0 Å². The van der Waals surface area contributed by atoms with Crippen LogP contribution in [-0.2, 0) is 28.6 Å². The summed E-state index contributed by atoms with van der Waals surface area (Å²) in [5.41, 5.74) is 0. The topological polar surface area (TPSA) is 78.9 Å². The van der Waals surface area contributed by atoms with E-state index in [0.717, 1.165) is 57.8 Å². The molecular weight excluding hydrogens is 853 g/mol. The Morgan fingerprint density at radius 1 is 0.275 bits per heavy atom. The molecule has 0 saturated heterocycles. The molecule has 0 aromatic rings. The van der Waals surface area contributed by atoms with Crippen molar-refractivity contribution in [3.05, 3.63) is 24.3 Å². The fraction of sp³-hybridized carbons (Fsp3) is 0.889. The van der Waals surface area contributed by atoms with Crippen molar-refractivity contribution in [3.8, 4) is 0 Å². The van der Waals surface area contributed by atoms with Crippen molar-refractivity contribution in [2.45, 2.75) is 348 Å². The summed E-state index contributed by atoms with van der Waals surface area (Å²) in [5, 5.41) is 0. The smallest absolute Gasteiger partial charge is 0.306 e. The van der Waals surface area contributed by atoms with Crippen LogP contribution in [0.3, 0.4) is 0 Å². The first-order valence-corrected chi connectivity index (χ1v) is 30.8. The molecule has 0 fully saturated rings. The molecule has 69 heavy (non-hydrogen) atoms. The third kappa shape index (κ3) is 56.7. The zero-order chi connectivity index (χ0) is 50.0. The van der Waals surface area contributed by atoms with Crippen molar-refractivity contribution in [1.29, 1.82) is 0 Å². The summed E-state index contributed by atoms with van der Waals surface area (Å²) in [5.74, 6) is -0.854. The second-order valence-electron chi connectivity index (χ2n) is 21.0. The van der Waals surface area contributed by atoms with Crippen LogP contribution in [0.1, 0.15) is 342 Å². The quantitative estimate of drug-likeness (QED) is 0.0261. The molecule has 0 aromatic heterocycles. The zero-order valence-corrected chi connectivity index (χ0v) is 46.6. The fourth-order valence-corrected chi connectivity index (χ4v) is 9.26. The van der Waals surface area contributed by atoms with Gasteiger partial charge in [0.15, 0.2) is 6.10 Å². The standard InChI is InChI=1S/C63H118O6/c1-4-7-10-13-16-19-22-25-28-31-34-37-40-43-46-49-52-55-61(64)67-58-60(69-63(66)57-54-51-48-45-42-39-36-33-30-27-24-21-18-15-12-9-6-3)59-68-62(65)56-53-50-47-44-41-38-35-32-29-26-23-20-17-14-11-8-5-2/h25,27-28,30,60H,4-24,26,29,31-59H2,1-3H3/b28-25-,30-27-. The van der Waals surface area contributed by atoms with Crippen molar-refractivity contribution < 1.29 is 28.6 Å². The van der Waals surface area contributed by atoms with E-state index in [4.69, 9.17) is 14.2 Å². The van der Waals surface area contributed by atoms with E-state index in [0.29, 0.717) is 19.3 Å². The van der Waals surface area contributed by atoms with E-state index >= 15 is 0 Å². The van der Waals surface area contributed by atoms with Crippen LogP contribution in [0, 0.1) is 0 Å². The summed E-state index contributed by atoms with van der Waals surface area (Å²) < 4.78 is 16.9. The molecule has 0 N–H and O–H groups in total. The predicted octanol–water partition coefficient (Wildman–Crippen LogP) is 20.7. The molecule has 6 heteroatoms. The molecule has 1 unspecified atom stereocenters. The van der Waals surface area contributed by atoms with E-state index in [1.165, 1.54) is 244 Å². The molecule has 0 radical (unpaired) electrons. The lowest BCUT2D eigenvalue weighted by atomic mass is 10.0. The second kappa shape index (κ2) is 58.5. The molecule has 0 aromatic carbocycles. The Morgan fingerprint density at radius 2 is 0.478 bits per heavy atom. The molecule has 0 aliphatic carbocycles. The van der Waals surface area contributed by atoms with Gasteiger partial charge in [0.25, 0.3) is 0 Å². The lowest BCUT2D eigenvalue weighted by Crippen LogP contribution is -2.30. The molecule has 0 saturated carbocycles. The second-order valence-corrected chi connectivity index (χ2v) is 21.0. The average molecular weight is 972 g/mol. The summed E-state index contributed by atoms with van der Waals surface area (Å²) in [7, 11) is 0. The lowest BCUT2D eigenvalue weighted by Gasteiger charge is -2.18. The molecule has 0 aliphatic heterocycles. The number of carbonyl (C=O) groups excluding carboxylic acids is 3. The molecule has 406 valence electrons. The Bertz CT molecular complexity index is 1110. The Morgan fingerprint density at radius 3 is 0.725 bits per heavy atom. The van der Waals surface area contributed by atoms with Gasteiger partial charge in [-0.05, 0) is 70.6 Å². The van der Waals surface area contributed by atoms with Crippen LogP contribution in [0.15, 0.2) is 24.3 Å². The first kappa shape index (κ1) is 66.9. The minimum absolute atomic E-state index is 0.0695. The minimum Gasteiger partial charge on any atom is -0.462 e. The number of esters is 3. The molecule has 0 bridgehead atoms. The molecule has 0 amide bonds. The molecule has 0 spiro atoms. The van der Waals surface area contributed by atoms with E-state index < -0.39 is 6.10 Å². The molecule has 1 atom stereocenters. The Kier molecular flexibility index (Phi) is 56.7. The average Bonchev–Trinajstić information content (AvgIpc) is 3.35. The van der Waals surface area contributed by atoms with Gasteiger partial charge >= 0.3 is 17.9 Å². The highest BCUT2D eigenvalue weighted by atomic mass is 16.6. The van der Waals surface area contributed by atoms with Crippen molar-refractivity contribution in [1.82, 2.24) is 0 Å². The van der Waals surface area contributed by atoms with Crippen LogP contribution in [-0.4, -0.2) is 37.2 Å². The molecular formula is C63H118O6. The summed E-state index contributed by atoms with van der Waals surface area (Å²) in [4.78, 5) is 38.2. The van der Waals surface area contributed by atoms with Gasteiger partial charge in [-0.15, -0.1) is 0 Å². The number of carbonyl (C=O) groups is 3. The number of hydrogen-bond acceptors (Lipinski definition) is 6. The predicted molar refractivity (Wildman–Crippen MR) is 298 cm³/mol. The Balaban J connectivity index is 4.34. The molecule has 0 heterocycles. The highest BCUT2D eigenvalue weighted by Crippen LogP contribution is 2.17. The highest BCUT2D eigenvalue weighted by Gasteiger charge is 2.19. The van der Waals surface area contributed by atoms with Gasteiger partial charge < -0.3 is 14.2 Å². The number of allylic oxidation sites excluding steroid dienone is 4. The maximum absolute atomic E-state index is 12.9. The van der Waals surface area contributed by atoms with Crippen LogP contribution in [0.25, 0.3) is 0 Å². The third-order valence-corrected chi connectivity index (χ3v) is 13.9. The monoisotopic (exact) mass is 971 g/mol. The van der Waals surface area contributed by atoms with E-state index in [1.54, 1.807) is 0 Å². The van der Waals surface area contributed by atoms with Crippen LogP contribution < -0.4 is 0 Å². The first-order chi connectivity index (χ1) is 34.0. The summed E-state index contributed by atoms with van der Waals surface area (Å²) in [6, 6.07) is 0. The number of rotatable bonds is 57. The van der Waals surface area contributed by atoms with E-state index in [2.05, 4.69) is 45.1 Å². The maximum Gasteiger partial charge on any atom is 0.306 e. The maximum atomic E-state index is 12.9. The third-order valence-electron chi connectivity index (χ3n) is 13.9. The van der Waals surface area contributed by atoms with Gasteiger partial charge in [-0.3, -0.25) is 14.4 Å². The van der Waals surface area contributed by atoms with Crippen molar-refractivity contribution >= 4 is 17.9 Å². The summed E-state index contributed by atoms with van der Waals surface area (Å²) >= 11 is 0. The van der Waals surface area contributed by atoms with Gasteiger partial charge in [-0.2, -0.15) is 0 Å². The fourth-order valence-electron chi connectivity index (χ4n) is 9.26.